The second kappa shape index (κ2) is 5.81. The molecule has 0 N–H and O–H groups in total. The standard InChI is InChI=1S/C12H16O2S/c1-4-9-8-10(15-5-2)6-7-11(9)12(13)14-3/h6-8H,4-5H2,1-3H3. The van der Waals surface area contributed by atoms with Crippen molar-refractivity contribution in [2.24, 2.45) is 0 Å². The Bertz CT molecular complexity index is 347. The lowest BCUT2D eigenvalue weighted by atomic mass is 10.1. The average molecular weight is 224 g/mol. The highest BCUT2D eigenvalue weighted by Gasteiger charge is 2.10. The van der Waals surface area contributed by atoms with Crippen LogP contribution in [-0.2, 0) is 11.2 Å². The van der Waals surface area contributed by atoms with E-state index in [4.69, 9.17) is 4.74 Å². The van der Waals surface area contributed by atoms with E-state index in [0.717, 1.165) is 17.7 Å². The predicted octanol–water partition coefficient (Wildman–Crippen LogP) is 3.15. The topological polar surface area (TPSA) is 26.3 Å². The van der Waals surface area contributed by atoms with Crippen LogP contribution in [0.2, 0.25) is 0 Å². The SMILES string of the molecule is CCSc1ccc(C(=O)OC)c(CC)c1. The van der Waals surface area contributed by atoms with Crippen molar-refractivity contribution >= 4 is 17.7 Å². The average Bonchev–Trinajstić information content (AvgIpc) is 2.28. The summed E-state index contributed by atoms with van der Waals surface area (Å²) in [5, 5.41) is 0. The molecule has 15 heavy (non-hydrogen) atoms. The van der Waals surface area contributed by atoms with E-state index < -0.39 is 0 Å². The van der Waals surface area contributed by atoms with Crippen LogP contribution in [0.1, 0.15) is 29.8 Å². The second-order valence-corrected chi connectivity index (χ2v) is 4.43. The molecule has 0 heterocycles. The van der Waals surface area contributed by atoms with Crippen LogP contribution in [0.25, 0.3) is 0 Å². The van der Waals surface area contributed by atoms with Gasteiger partial charge in [0.2, 0.25) is 0 Å². The molecule has 2 nitrogen and oxygen atoms in total. The van der Waals surface area contributed by atoms with Crippen molar-refractivity contribution in [3.63, 3.8) is 0 Å². The largest absolute Gasteiger partial charge is 0.465 e. The van der Waals surface area contributed by atoms with Crippen LogP contribution in [-0.4, -0.2) is 18.8 Å². The molecule has 1 rings (SSSR count). The molecule has 0 atom stereocenters. The maximum atomic E-state index is 11.4. The van der Waals surface area contributed by atoms with Gasteiger partial charge in [0.05, 0.1) is 12.7 Å². The third-order valence-electron chi connectivity index (χ3n) is 2.17. The molecule has 0 radical (unpaired) electrons. The van der Waals surface area contributed by atoms with E-state index in [1.165, 1.54) is 12.0 Å². The fourth-order valence-corrected chi connectivity index (χ4v) is 2.15. The van der Waals surface area contributed by atoms with Crippen molar-refractivity contribution in [3.05, 3.63) is 29.3 Å². The van der Waals surface area contributed by atoms with Gasteiger partial charge in [0, 0.05) is 4.90 Å². The van der Waals surface area contributed by atoms with Crippen molar-refractivity contribution in [2.45, 2.75) is 25.2 Å². The van der Waals surface area contributed by atoms with Gasteiger partial charge in [0.25, 0.3) is 0 Å². The number of aryl methyl sites for hydroxylation is 1. The van der Waals surface area contributed by atoms with Gasteiger partial charge in [-0.2, -0.15) is 0 Å². The molecule has 0 fully saturated rings. The van der Waals surface area contributed by atoms with Gasteiger partial charge < -0.3 is 4.74 Å². The van der Waals surface area contributed by atoms with Crippen molar-refractivity contribution in [2.75, 3.05) is 12.9 Å². The van der Waals surface area contributed by atoms with Gasteiger partial charge in [-0.3, -0.25) is 0 Å². The van der Waals surface area contributed by atoms with Crippen LogP contribution in [0, 0.1) is 0 Å². The summed E-state index contributed by atoms with van der Waals surface area (Å²) in [6, 6.07) is 5.89. The smallest absolute Gasteiger partial charge is 0.338 e. The second-order valence-electron chi connectivity index (χ2n) is 3.10. The summed E-state index contributed by atoms with van der Waals surface area (Å²) in [6.07, 6.45) is 0.850. The molecule has 82 valence electrons. The molecule has 0 saturated heterocycles. The molecule has 3 heteroatoms. The van der Waals surface area contributed by atoms with Crippen LogP contribution in [0.5, 0.6) is 0 Å². The Morgan fingerprint density at radius 2 is 2.13 bits per heavy atom. The maximum absolute atomic E-state index is 11.4. The Balaban J connectivity index is 3.03. The number of carbonyl (C=O) groups is 1. The predicted molar refractivity (Wildman–Crippen MR) is 63.6 cm³/mol. The lowest BCUT2D eigenvalue weighted by Crippen LogP contribution is -2.05. The first-order valence-electron chi connectivity index (χ1n) is 5.07. The van der Waals surface area contributed by atoms with E-state index in [0.29, 0.717) is 5.56 Å². The fourth-order valence-electron chi connectivity index (χ4n) is 1.43. The highest BCUT2D eigenvalue weighted by Crippen LogP contribution is 2.22. The number of benzene rings is 1. The number of ether oxygens (including phenoxy) is 1. The van der Waals surface area contributed by atoms with Gasteiger partial charge in [-0.05, 0) is 35.9 Å². The number of hydrogen-bond donors (Lipinski definition) is 0. The summed E-state index contributed by atoms with van der Waals surface area (Å²) >= 11 is 1.78. The van der Waals surface area contributed by atoms with Gasteiger partial charge in [0.15, 0.2) is 0 Å². The van der Waals surface area contributed by atoms with Gasteiger partial charge in [-0.25, -0.2) is 4.79 Å². The van der Waals surface area contributed by atoms with Crippen molar-refractivity contribution in [1.82, 2.24) is 0 Å². The number of esters is 1. The minimum atomic E-state index is -0.250. The molecule has 0 bridgehead atoms. The van der Waals surface area contributed by atoms with E-state index in [1.807, 2.05) is 19.1 Å². The van der Waals surface area contributed by atoms with Crippen molar-refractivity contribution < 1.29 is 9.53 Å². The fraction of sp³-hybridized carbons (Fsp3) is 0.417. The molecular formula is C12H16O2S. The quantitative estimate of drug-likeness (QED) is 0.580. The summed E-state index contributed by atoms with van der Waals surface area (Å²) in [6.45, 7) is 4.16. The summed E-state index contributed by atoms with van der Waals surface area (Å²) in [5.41, 5.74) is 1.74. The molecule has 0 saturated carbocycles. The third-order valence-corrected chi connectivity index (χ3v) is 3.05. The van der Waals surface area contributed by atoms with E-state index in [2.05, 4.69) is 13.0 Å². The summed E-state index contributed by atoms with van der Waals surface area (Å²) in [7, 11) is 1.41. The first kappa shape index (κ1) is 12.1. The zero-order chi connectivity index (χ0) is 11.3. The molecular weight excluding hydrogens is 208 g/mol. The van der Waals surface area contributed by atoms with Crippen LogP contribution in [0.4, 0.5) is 0 Å². The number of hydrogen-bond acceptors (Lipinski definition) is 3. The van der Waals surface area contributed by atoms with Gasteiger partial charge in [0.1, 0.15) is 0 Å². The van der Waals surface area contributed by atoms with Gasteiger partial charge >= 0.3 is 5.97 Å². The summed E-state index contributed by atoms with van der Waals surface area (Å²) < 4.78 is 4.73. The molecule has 1 aromatic carbocycles. The Morgan fingerprint density at radius 1 is 1.40 bits per heavy atom. The number of thioether (sulfide) groups is 1. The van der Waals surface area contributed by atoms with Crippen molar-refractivity contribution in [3.8, 4) is 0 Å². The van der Waals surface area contributed by atoms with Crippen LogP contribution in [0.3, 0.4) is 0 Å². The number of carbonyl (C=O) groups excluding carboxylic acids is 1. The summed E-state index contributed by atoms with van der Waals surface area (Å²) in [5.74, 6) is 0.792. The zero-order valence-electron chi connectivity index (χ0n) is 9.37. The highest BCUT2D eigenvalue weighted by atomic mass is 32.2. The molecule has 0 unspecified atom stereocenters. The van der Waals surface area contributed by atoms with Crippen LogP contribution < -0.4 is 0 Å². The zero-order valence-corrected chi connectivity index (χ0v) is 10.2. The molecule has 0 aromatic heterocycles. The lowest BCUT2D eigenvalue weighted by Gasteiger charge is -2.07. The normalized spacial score (nSPS) is 10.1. The Labute approximate surface area is 95.0 Å². The van der Waals surface area contributed by atoms with E-state index in [9.17, 15) is 4.79 Å². The molecule has 0 spiro atoms. The first-order chi connectivity index (χ1) is 7.22. The molecule has 0 amide bonds. The number of methoxy groups -OCH3 is 1. The van der Waals surface area contributed by atoms with Crippen LogP contribution in [0.15, 0.2) is 23.1 Å². The Hall–Kier alpha value is -0.960. The minimum absolute atomic E-state index is 0.250. The Kier molecular flexibility index (Phi) is 4.69. The highest BCUT2D eigenvalue weighted by molar-refractivity contribution is 7.99. The maximum Gasteiger partial charge on any atom is 0.338 e. The molecule has 1 aromatic rings. The van der Waals surface area contributed by atoms with Crippen LogP contribution >= 0.6 is 11.8 Å². The van der Waals surface area contributed by atoms with Gasteiger partial charge in [-0.15, -0.1) is 11.8 Å². The molecule has 0 aliphatic carbocycles. The minimum Gasteiger partial charge on any atom is -0.465 e. The van der Waals surface area contributed by atoms with Crippen molar-refractivity contribution in [1.29, 1.82) is 0 Å². The first-order valence-corrected chi connectivity index (χ1v) is 6.05. The Morgan fingerprint density at radius 3 is 2.67 bits per heavy atom. The summed E-state index contributed by atoms with van der Waals surface area (Å²) in [4.78, 5) is 12.6. The van der Waals surface area contributed by atoms with Gasteiger partial charge in [-0.1, -0.05) is 13.8 Å². The molecule has 0 aliphatic rings. The number of rotatable bonds is 4. The van der Waals surface area contributed by atoms with E-state index in [1.54, 1.807) is 11.8 Å². The lowest BCUT2D eigenvalue weighted by molar-refractivity contribution is 0.0599. The third kappa shape index (κ3) is 2.99. The monoisotopic (exact) mass is 224 g/mol. The van der Waals surface area contributed by atoms with E-state index >= 15 is 0 Å². The van der Waals surface area contributed by atoms with E-state index in [-0.39, 0.29) is 5.97 Å². The molecule has 0 aliphatic heterocycles.